The van der Waals surface area contributed by atoms with Gasteiger partial charge in [0.25, 0.3) is 11.5 Å². The Kier molecular flexibility index (Phi) is 6.55. The summed E-state index contributed by atoms with van der Waals surface area (Å²) in [6.45, 7) is 2.45. The van der Waals surface area contributed by atoms with Gasteiger partial charge in [0.1, 0.15) is 5.56 Å². The van der Waals surface area contributed by atoms with Gasteiger partial charge in [-0.2, -0.15) is 5.10 Å². The highest BCUT2D eigenvalue weighted by atomic mass is 35.5. The predicted octanol–water partition coefficient (Wildman–Crippen LogP) is 3.50. The van der Waals surface area contributed by atoms with Crippen LogP contribution in [0, 0.1) is 0 Å². The van der Waals surface area contributed by atoms with E-state index in [0.29, 0.717) is 28.5 Å². The van der Waals surface area contributed by atoms with Crippen LogP contribution in [-0.4, -0.2) is 28.8 Å². The van der Waals surface area contributed by atoms with E-state index in [4.69, 9.17) is 20.8 Å². The molecule has 0 radical (unpaired) electrons. The zero-order valence-electron chi connectivity index (χ0n) is 17.7. The number of nitrogens with zero attached hydrogens (tertiary/aromatic N) is 2. The smallest absolute Gasteiger partial charge is 0.349 e. The molecule has 4 rings (SSSR count). The first-order chi connectivity index (χ1) is 16.0. The lowest BCUT2D eigenvalue weighted by Gasteiger charge is -2.09. The van der Waals surface area contributed by atoms with Gasteiger partial charge < -0.3 is 14.5 Å². The molecule has 0 spiro atoms. The summed E-state index contributed by atoms with van der Waals surface area (Å²) >= 11 is 5.92. The molecule has 4 aromatic rings. The zero-order valence-corrected chi connectivity index (χ0v) is 18.5. The van der Waals surface area contributed by atoms with Gasteiger partial charge in [0.2, 0.25) is 0 Å². The number of nitrogens with one attached hydrogen (secondary N) is 1. The van der Waals surface area contributed by atoms with Crippen LogP contribution < -0.4 is 21.2 Å². The number of fused-ring (bicyclic) bond motifs is 1. The highest BCUT2D eigenvalue weighted by Crippen LogP contribution is 2.25. The summed E-state index contributed by atoms with van der Waals surface area (Å²) in [6.07, 6.45) is 0. The first-order valence-electron chi connectivity index (χ1n) is 10.3. The average Bonchev–Trinajstić information content (AvgIpc) is 2.81. The fraction of sp³-hybridized carbons (Fsp3) is 0.167. The molecule has 0 saturated heterocycles. The Morgan fingerprint density at radius 2 is 1.91 bits per heavy atom. The lowest BCUT2D eigenvalue weighted by atomic mass is 10.1. The summed E-state index contributed by atoms with van der Waals surface area (Å²) in [4.78, 5) is 37.2. The van der Waals surface area contributed by atoms with Crippen LogP contribution in [0.1, 0.15) is 17.3 Å². The van der Waals surface area contributed by atoms with Crippen LogP contribution in [0.25, 0.3) is 22.2 Å². The van der Waals surface area contributed by atoms with Crippen molar-refractivity contribution in [2.75, 3.05) is 13.2 Å². The van der Waals surface area contributed by atoms with Crippen molar-refractivity contribution in [3.05, 3.63) is 92.0 Å². The molecular weight excluding hydrogens is 446 g/mol. The SMILES string of the molecule is CCOc1cccc2cc(C(=O)NCCn3nc(-c4ccc(Cl)cc4)ccc3=O)c(=O)oc12. The van der Waals surface area contributed by atoms with Crippen LogP contribution in [0.3, 0.4) is 0 Å². The summed E-state index contributed by atoms with van der Waals surface area (Å²) in [6, 6.07) is 16.7. The lowest BCUT2D eigenvalue weighted by Crippen LogP contribution is -2.33. The minimum atomic E-state index is -0.771. The fourth-order valence-electron chi connectivity index (χ4n) is 3.30. The Morgan fingerprint density at radius 3 is 2.67 bits per heavy atom. The van der Waals surface area contributed by atoms with Crippen molar-refractivity contribution in [2.24, 2.45) is 0 Å². The van der Waals surface area contributed by atoms with Gasteiger partial charge in [0, 0.05) is 28.6 Å². The Labute approximate surface area is 193 Å². The van der Waals surface area contributed by atoms with Gasteiger partial charge in [-0.15, -0.1) is 0 Å². The Morgan fingerprint density at radius 1 is 1.12 bits per heavy atom. The first-order valence-corrected chi connectivity index (χ1v) is 10.7. The highest BCUT2D eigenvalue weighted by Gasteiger charge is 2.15. The molecule has 8 nitrogen and oxygen atoms in total. The van der Waals surface area contributed by atoms with Crippen LogP contribution in [-0.2, 0) is 6.54 Å². The van der Waals surface area contributed by atoms with Crippen molar-refractivity contribution in [2.45, 2.75) is 13.5 Å². The van der Waals surface area contributed by atoms with Gasteiger partial charge in [-0.3, -0.25) is 9.59 Å². The molecular formula is C24H20ClN3O5. The summed E-state index contributed by atoms with van der Waals surface area (Å²) in [5.41, 5.74) is 0.472. The van der Waals surface area contributed by atoms with Gasteiger partial charge in [-0.1, -0.05) is 35.9 Å². The summed E-state index contributed by atoms with van der Waals surface area (Å²) < 4.78 is 12.1. The highest BCUT2D eigenvalue weighted by molar-refractivity contribution is 6.30. The van der Waals surface area contributed by atoms with Crippen LogP contribution >= 0.6 is 11.6 Å². The van der Waals surface area contributed by atoms with Gasteiger partial charge in [0.15, 0.2) is 11.3 Å². The second-order valence-corrected chi connectivity index (χ2v) is 7.53. The monoisotopic (exact) mass is 465 g/mol. The molecule has 168 valence electrons. The minimum Gasteiger partial charge on any atom is -0.490 e. The molecule has 0 saturated carbocycles. The molecule has 0 atom stereocenters. The van der Waals surface area contributed by atoms with E-state index in [1.807, 2.05) is 6.92 Å². The quantitative estimate of drug-likeness (QED) is 0.419. The number of benzene rings is 2. The van der Waals surface area contributed by atoms with Gasteiger partial charge in [-0.05, 0) is 37.3 Å². The van der Waals surface area contributed by atoms with Crippen molar-refractivity contribution in [3.63, 3.8) is 0 Å². The van der Waals surface area contributed by atoms with Crippen LogP contribution in [0.2, 0.25) is 5.02 Å². The maximum atomic E-state index is 12.6. The summed E-state index contributed by atoms with van der Waals surface area (Å²) in [7, 11) is 0. The molecule has 2 heterocycles. The van der Waals surface area contributed by atoms with Crippen molar-refractivity contribution >= 4 is 28.5 Å². The number of rotatable bonds is 7. The lowest BCUT2D eigenvalue weighted by molar-refractivity contribution is 0.0948. The van der Waals surface area contributed by atoms with Crippen molar-refractivity contribution in [3.8, 4) is 17.0 Å². The summed E-state index contributed by atoms with van der Waals surface area (Å²) in [5, 5.41) is 8.15. The third kappa shape index (κ3) is 4.96. The van der Waals surface area contributed by atoms with Crippen molar-refractivity contribution in [1.82, 2.24) is 15.1 Å². The molecule has 0 unspecified atom stereocenters. The fourth-order valence-corrected chi connectivity index (χ4v) is 3.43. The maximum absolute atomic E-state index is 12.6. The molecule has 2 aromatic heterocycles. The van der Waals surface area contributed by atoms with Gasteiger partial charge in [-0.25, -0.2) is 9.48 Å². The number of carbonyl (C=O) groups is 1. The normalized spacial score (nSPS) is 10.8. The number of carbonyl (C=O) groups excluding carboxylic acids is 1. The maximum Gasteiger partial charge on any atom is 0.349 e. The number of ether oxygens (including phenoxy) is 1. The van der Waals surface area contributed by atoms with E-state index in [0.717, 1.165) is 5.56 Å². The molecule has 0 aliphatic rings. The standard InChI is InChI=1S/C24H20ClN3O5/c1-2-32-20-5-3-4-16-14-18(24(31)33-22(16)20)23(30)26-12-13-28-21(29)11-10-19(27-28)15-6-8-17(25)9-7-15/h3-11,14H,2,12-13H2,1H3,(H,26,30). The van der Waals surface area contributed by atoms with Crippen molar-refractivity contribution < 1.29 is 13.9 Å². The molecule has 1 amide bonds. The number of aromatic nitrogens is 2. The van der Waals surface area contributed by atoms with E-state index in [2.05, 4.69) is 10.4 Å². The molecule has 0 bridgehead atoms. The Balaban J connectivity index is 1.48. The summed E-state index contributed by atoms with van der Waals surface area (Å²) in [5.74, 6) is -0.167. The largest absolute Gasteiger partial charge is 0.490 e. The Bertz CT molecular complexity index is 1430. The van der Waals surface area contributed by atoms with Crippen LogP contribution in [0.15, 0.2) is 74.7 Å². The Hall–Kier alpha value is -3.91. The number of hydrogen-bond donors (Lipinski definition) is 1. The van der Waals surface area contributed by atoms with Crippen LogP contribution in [0.5, 0.6) is 5.75 Å². The van der Waals surface area contributed by atoms with E-state index in [1.54, 1.807) is 48.5 Å². The molecule has 9 heteroatoms. The predicted molar refractivity (Wildman–Crippen MR) is 125 cm³/mol. The first kappa shape index (κ1) is 22.3. The van der Waals surface area contributed by atoms with E-state index in [-0.39, 0.29) is 29.8 Å². The topological polar surface area (TPSA) is 103 Å². The van der Waals surface area contributed by atoms with E-state index < -0.39 is 11.5 Å². The minimum absolute atomic E-state index is 0.0896. The molecule has 33 heavy (non-hydrogen) atoms. The third-order valence-electron chi connectivity index (χ3n) is 4.88. The molecule has 0 fully saturated rings. The number of hydrogen-bond acceptors (Lipinski definition) is 6. The van der Waals surface area contributed by atoms with Gasteiger partial charge in [0.05, 0.1) is 18.8 Å². The van der Waals surface area contributed by atoms with E-state index >= 15 is 0 Å². The molecule has 0 aliphatic carbocycles. The third-order valence-corrected chi connectivity index (χ3v) is 5.14. The molecule has 1 N–H and O–H groups in total. The van der Waals surface area contributed by atoms with Gasteiger partial charge >= 0.3 is 5.63 Å². The number of amides is 1. The molecule has 2 aromatic carbocycles. The zero-order chi connectivity index (χ0) is 23.4. The second-order valence-electron chi connectivity index (χ2n) is 7.10. The second kappa shape index (κ2) is 9.70. The number of halogens is 1. The van der Waals surface area contributed by atoms with Crippen molar-refractivity contribution in [1.29, 1.82) is 0 Å². The molecule has 0 aliphatic heterocycles. The number of para-hydroxylation sites is 1. The van der Waals surface area contributed by atoms with E-state index in [9.17, 15) is 14.4 Å². The average molecular weight is 466 g/mol. The van der Waals surface area contributed by atoms with E-state index in [1.165, 1.54) is 16.8 Å². The van der Waals surface area contributed by atoms with Crippen LogP contribution in [0.4, 0.5) is 0 Å².